The summed E-state index contributed by atoms with van der Waals surface area (Å²) in [6, 6.07) is 3.87. The van der Waals surface area contributed by atoms with E-state index in [2.05, 4.69) is 15.4 Å². The summed E-state index contributed by atoms with van der Waals surface area (Å²) in [7, 11) is 1.84. The predicted octanol–water partition coefficient (Wildman–Crippen LogP) is 0.771. The average molecular weight is 148 g/mol. The Labute approximate surface area is 63.9 Å². The molecule has 4 heteroatoms. The first-order chi connectivity index (χ1) is 5.40. The van der Waals surface area contributed by atoms with Crippen LogP contribution in [0.4, 0.5) is 5.82 Å². The van der Waals surface area contributed by atoms with Crippen molar-refractivity contribution in [3.05, 3.63) is 24.7 Å². The number of anilines is 1. The quantitative estimate of drug-likeness (QED) is 0.649. The summed E-state index contributed by atoms with van der Waals surface area (Å²) in [6.07, 6.45) is 3.42. The van der Waals surface area contributed by atoms with Gasteiger partial charge in [0.25, 0.3) is 0 Å². The summed E-state index contributed by atoms with van der Waals surface area (Å²) < 4.78 is 1.73. The molecule has 2 aromatic rings. The van der Waals surface area contributed by atoms with Crippen molar-refractivity contribution in [1.82, 2.24) is 14.6 Å². The summed E-state index contributed by atoms with van der Waals surface area (Å²) in [5.74, 6) is 0.859. The van der Waals surface area contributed by atoms with Gasteiger partial charge in [0.1, 0.15) is 12.1 Å². The second-order valence-electron chi connectivity index (χ2n) is 2.23. The van der Waals surface area contributed by atoms with Gasteiger partial charge >= 0.3 is 0 Å². The Balaban J connectivity index is 2.69. The maximum absolute atomic E-state index is 4.17. The molecule has 2 heterocycles. The molecule has 0 saturated heterocycles. The van der Waals surface area contributed by atoms with E-state index in [1.165, 1.54) is 0 Å². The lowest BCUT2D eigenvalue weighted by Gasteiger charge is -1.87. The molecule has 0 radical (unpaired) electrons. The van der Waals surface area contributed by atoms with Gasteiger partial charge in [-0.25, -0.2) is 9.50 Å². The molecule has 0 spiro atoms. The molecule has 0 aliphatic carbocycles. The van der Waals surface area contributed by atoms with E-state index in [1.54, 1.807) is 17.0 Å². The molecule has 0 aliphatic rings. The van der Waals surface area contributed by atoms with E-state index in [1.807, 2.05) is 19.2 Å². The van der Waals surface area contributed by atoms with E-state index < -0.39 is 0 Å². The van der Waals surface area contributed by atoms with Crippen LogP contribution in [0.3, 0.4) is 0 Å². The minimum atomic E-state index is 0.859. The third kappa shape index (κ3) is 0.920. The summed E-state index contributed by atoms with van der Waals surface area (Å²) >= 11 is 0. The lowest BCUT2D eigenvalue weighted by atomic mass is 10.5. The van der Waals surface area contributed by atoms with Crippen LogP contribution in [0.15, 0.2) is 24.7 Å². The Morgan fingerprint density at radius 2 is 2.45 bits per heavy atom. The van der Waals surface area contributed by atoms with Gasteiger partial charge < -0.3 is 5.32 Å². The molecular formula is C7H8N4. The van der Waals surface area contributed by atoms with Crippen LogP contribution < -0.4 is 5.32 Å². The van der Waals surface area contributed by atoms with Gasteiger partial charge in [-0.1, -0.05) is 0 Å². The normalized spacial score (nSPS) is 10.3. The third-order valence-electron chi connectivity index (χ3n) is 1.53. The topological polar surface area (TPSA) is 42.2 Å². The number of nitrogens with zero attached hydrogens (tertiary/aromatic N) is 3. The van der Waals surface area contributed by atoms with Crippen molar-refractivity contribution in [1.29, 1.82) is 0 Å². The molecule has 56 valence electrons. The van der Waals surface area contributed by atoms with E-state index in [0.717, 1.165) is 11.3 Å². The van der Waals surface area contributed by atoms with Crippen LogP contribution in [-0.2, 0) is 0 Å². The van der Waals surface area contributed by atoms with Crippen molar-refractivity contribution in [3.8, 4) is 0 Å². The molecule has 0 aliphatic heterocycles. The fourth-order valence-corrected chi connectivity index (χ4v) is 0.969. The maximum Gasteiger partial charge on any atom is 0.148 e. The Morgan fingerprint density at radius 1 is 1.55 bits per heavy atom. The number of hydrogen-bond donors (Lipinski definition) is 1. The molecule has 0 fully saturated rings. The largest absolute Gasteiger partial charge is 0.372 e. The number of nitrogens with one attached hydrogen (secondary N) is 1. The smallest absolute Gasteiger partial charge is 0.148 e. The molecule has 0 unspecified atom stereocenters. The lowest BCUT2D eigenvalue weighted by molar-refractivity contribution is 0.923. The zero-order chi connectivity index (χ0) is 7.68. The fourth-order valence-electron chi connectivity index (χ4n) is 0.969. The molecule has 2 rings (SSSR count). The van der Waals surface area contributed by atoms with Gasteiger partial charge in [0, 0.05) is 19.3 Å². The molecular weight excluding hydrogens is 140 g/mol. The first-order valence-corrected chi connectivity index (χ1v) is 3.37. The van der Waals surface area contributed by atoms with Gasteiger partial charge in [0.2, 0.25) is 0 Å². The summed E-state index contributed by atoms with van der Waals surface area (Å²) in [4.78, 5) is 3.93. The molecule has 0 atom stereocenters. The van der Waals surface area contributed by atoms with Crippen LogP contribution >= 0.6 is 0 Å². The maximum atomic E-state index is 4.17. The van der Waals surface area contributed by atoms with Crippen LogP contribution in [0.5, 0.6) is 0 Å². The fraction of sp³-hybridized carbons (Fsp3) is 0.143. The SMILES string of the molecule is CNc1cc2ccncn2n1. The van der Waals surface area contributed by atoms with E-state index in [4.69, 9.17) is 0 Å². The second-order valence-corrected chi connectivity index (χ2v) is 2.23. The van der Waals surface area contributed by atoms with Gasteiger partial charge in [0.15, 0.2) is 0 Å². The van der Waals surface area contributed by atoms with Crippen molar-refractivity contribution < 1.29 is 0 Å². The van der Waals surface area contributed by atoms with Gasteiger partial charge in [-0.2, -0.15) is 0 Å². The zero-order valence-electron chi connectivity index (χ0n) is 6.15. The molecule has 4 nitrogen and oxygen atoms in total. The van der Waals surface area contributed by atoms with E-state index in [0.29, 0.717) is 0 Å². The monoisotopic (exact) mass is 148 g/mol. The minimum Gasteiger partial charge on any atom is -0.372 e. The Hall–Kier alpha value is -1.58. The average Bonchev–Trinajstić information content (AvgIpc) is 2.46. The first kappa shape index (κ1) is 6.15. The first-order valence-electron chi connectivity index (χ1n) is 3.37. The minimum absolute atomic E-state index is 0.859. The number of aromatic nitrogens is 3. The predicted molar refractivity (Wildman–Crippen MR) is 42.5 cm³/mol. The summed E-state index contributed by atoms with van der Waals surface area (Å²) in [5.41, 5.74) is 1.05. The Kier molecular flexibility index (Phi) is 1.25. The molecule has 2 aromatic heterocycles. The molecule has 11 heavy (non-hydrogen) atoms. The number of hydrogen-bond acceptors (Lipinski definition) is 3. The van der Waals surface area contributed by atoms with E-state index in [9.17, 15) is 0 Å². The standard InChI is InChI=1S/C7H8N4/c1-8-7-4-6-2-3-9-5-11(6)10-7/h2-5H,1H3,(H,8,10). The zero-order valence-corrected chi connectivity index (χ0v) is 6.15. The highest BCUT2D eigenvalue weighted by Crippen LogP contribution is 2.07. The lowest BCUT2D eigenvalue weighted by Crippen LogP contribution is -1.90. The molecule has 0 aromatic carbocycles. The van der Waals surface area contributed by atoms with Gasteiger partial charge in [-0.3, -0.25) is 0 Å². The molecule has 1 N–H and O–H groups in total. The van der Waals surface area contributed by atoms with Gasteiger partial charge in [-0.15, -0.1) is 5.10 Å². The van der Waals surface area contributed by atoms with Crippen LogP contribution in [0, 0.1) is 0 Å². The van der Waals surface area contributed by atoms with Crippen molar-refractivity contribution >= 4 is 11.3 Å². The molecule has 0 saturated carbocycles. The Bertz CT molecular complexity index is 332. The summed E-state index contributed by atoms with van der Waals surface area (Å²) in [6.45, 7) is 0. The third-order valence-corrected chi connectivity index (χ3v) is 1.53. The number of fused-ring (bicyclic) bond motifs is 1. The highest BCUT2D eigenvalue weighted by molar-refractivity contribution is 5.54. The van der Waals surface area contributed by atoms with Crippen molar-refractivity contribution in [2.45, 2.75) is 0 Å². The second kappa shape index (κ2) is 2.23. The molecule has 0 bridgehead atoms. The molecule has 0 amide bonds. The number of rotatable bonds is 1. The highest BCUT2D eigenvalue weighted by Gasteiger charge is 1.96. The van der Waals surface area contributed by atoms with E-state index >= 15 is 0 Å². The van der Waals surface area contributed by atoms with E-state index in [-0.39, 0.29) is 0 Å². The van der Waals surface area contributed by atoms with Gasteiger partial charge in [-0.05, 0) is 6.07 Å². The Morgan fingerprint density at radius 3 is 3.18 bits per heavy atom. The highest BCUT2D eigenvalue weighted by atomic mass is 15.3. The van der Waals surface area contributed by atoms with Crippen LogP contribution in [0.25, 0.3) is 5.52 Å². The van der Waals surface area contributed by atoms with Crippen molar-refractivity contribution in [3.63, 3.8) is 0 Å². The van der Waals surface area contributed by atoms with Crippen molar-refractivity contribution in [2.24, 2.45) is 0 Å². The van der Waals surface area contributed by atoms with Crippen LogP contribution in [0.2, 0.25) is 0 Å². The van der Waals surface area contributed by atoms with Gasteiger partial charge in [0.05, 0.1) is 5.52 Å². The van der Waals surface area contributed by atoms with Crippen molar-refractivity contribution in [2.75, 3.05) is 12.4 Å². The summed E-state index contributed by atoms with van der Waals surface area (Å²) in [5, 5.41) is 7.13. The van der Waals surface area contributed by atoms with Crippen LogP contribution in [0.1, 0.15) is 0 Å². The van der Waals surface area contributed by atoms with Crippen LogP contribution in [-0.4, -0.2) is 21.6 Å².